The second-order valence-electron chi connectivity index (χ2n) is 11.1. The molecule has 3 aromatic rings. The van der Waals surface area contributed by atoms with E-state index in [0.29, 0.717) is 0 Å². The molecule has 0 bridgehead atoms. The number of aliphatic hydroxyl groups excluding tert-OH is 6. The van der Waals surface area contributed by atoms with Gasteiger partial charge in [-0.2, -0.15) is 0 Å². The van der Waals surface area contributed by atoms with Gasteiger partial charge in [-0.25, -0.2) is 0 Å². The Balaban J connectivity index is 1.53. The quantitative estimate of drug-likeness (QED) is 0.112. The number of phenols is 3. The van der Waals surface area contributed by atoms with Crippen LogP contribution in [-0.4, -0.2) is 134 Å². The summed E-state index contributed by atoms with van der Waals surface area (Å²) < 4.78 is 38.3. The molecule has 9 N–H and O–H groups in total. The number of aromatic hydroxyl groups is 3. The lowest BCUT2D eigenvalue weighted by Gasteiger charge is -2.45. The van der Waals surface area contributed by atoms with Crippen molar-refractivity contribution in [3.63, 3.8) is 0 Å². The maximum atomic E-state index is 13.8. The number of aliphatic hydroxyl groups is 6. The average Bonchev–Trinajstić information content (AvgIpc) is 3.04. The molecule has 10 atom stereocenters. The number of carbonyl (C=O) groups is 1. The van der Waals surface area contributed by atoms with Crippen molar-refractivity contribution in [2.75, 3.05) is 20.3 Å². The number of carbonyl (C=O) groups excluding carboxylic acids is 1. The molecular formula is C30H34O18. The molecule has 0 aliphatic carbocycles. The van der Waals surface area contributed by atoms with Crippen molar-refractivity contribution in [2.45, 2.75) is 68.3 Å². The van der Waals surface area contributed by atoms with Crippen LogP contribution in [0.1, 0.15) is 6.92 Å². The Labute approximate surface area is 270 Å². The van der Waals surface area contributed by atoms with Crippen LogP contribution in [0.4, 0.5) is 0 Å². The molecule has 5 rings (SSSR count). The topological polar surface area (TPSA) is 285 Å². The second-order valence-corrected chi connectivity index (χ2v) is 11.1. The molecule has 18 nitrogen and oxygen atoms in total. The van der Waals surface area contributed by atoms with Crippen molar-refractivity contribution in [2.24, 2.45) is 0 Å². The van der Waals surface area contributed by atoms with Gasteiger partial charge in [-0.1, -0.05) is 0 Å². The van der Waals surface area contributed by atoms with Crippen LogP contribution < -0.4 is 14.9 Å². The smallest absolute Gasteiger partial charge is 0.302 e. The zero-order chi connectivity index (χ0) is 35.0. The van der Waals surface area contributed by atoms with Gasteiger partial charge in [0.1, 0.15) is 77.9 Å². The Morgan fingerprint density at radius 2 is 1.56 bits per heavy atom. The molecule has 1 aromatic heterocycles. The molecule has 18 heteroatoms. The molecule has 48 heavy (non-hydrogen) atoms. The molecule has 2 aromatic carbocycles. The van der Waals surface area contributed by atoms with Gasteiger partial charge in [0.15, 0.2) is 23.5 Å². The summed E-state index contributed by atoms with van der Waals surface area (Å²) in [6.45, 7) is -0.354. The van der Waals surface area contributed by atoms with Crippen LogP contribution >= 0.6 is 0 Å². The molecular weight excluding hydrogens is 648 g/mol. The Bertz CT molecular complexity index is 1690. The van der Waals surface area contributed by atoms with Gasteiger partial charge in [0.25, 0.3) is 0 Å². The highest BCUT2D eigenvalue weighted by Crippen LogP contribution is 2.40. The third kappa shape index (κ3) is 6.70. The van der Waals surface area contributed by atoms with Crippen molar-refractivity contribution >= 4 is 16.9 Å². The molecule has 0 unspecified atom stereocenters. The van der Waals surface area contributed by atoms with Crippen LogP contribution in [0.15, 0.2) is 39.5 Å². The van der Waals surface area contributed by atoms with E-state index < -0.39 is 109 Å². The van der Waals surface area contributed by atoms with Crippen molar-refractivity contribution in [3.05, 3.63) is 40.6 Å². The fourth-order valence-corrected chi connectivity index (χ4v) is 5.33. The first-order valence-corrected chi connectivity index (χ1v) is 14.4. The molecule has 0 radical (unpaired) electrons. The number of hydrogen-bond donors (Lipinski definition) is 9. The molecule has 0 saturated carbocycles. The van der Waals surface area contributed by atoms with E-state index in [-0.39, 0.29) is 28.4 Å². The zero-order valence-electron chi connectivity index (χ0n) is 25.3. The summed E-state index contributed by atoms with van der Waals surface area (Å²) in [6.07, 6.45) is -18.0. The van der Waals surface area contributed by atoms with Crippen LogP contribution in [0.3, 0.4) is 0 Å². The van der Waals surface area contributed by atoms with Crippen LogP contribution in [0, 0.1) is 0 Å². The van der Waals surface area contributed by atoms with Gasteiger partial charge in [-0.15, -0.1) is 0 Å². The molecule has 2 aliphatic heterocycles. The number of esters is 1. The summed E-state index contributed by atoms with van der Waals surface area (Å²) in [6, 6.07) is 5.72. The molecule has 2 aliphatic rings. The fraction of sp³-hybridized carbons (Fsp3) is 0.467. The van der Waals surface area contributed by atoms with Gasteiger partial charge in [0.05, 0.1) is 13.7 Å². The maximum Gasteiger partial charge on any atom is 0.302 e. The van der Waals surface area contributed by atoms with E-state index >= 15 is 0 Å². The van der Waals surface area contributed by atoms with Crippen LogP contribution in [-0.2, 0) is 23.7 Å². The molecule has 2 fully saturated rings. The van der Waals surface area contributed by atoms with Crippen LogP contribution in [0.2, 0.25) is 0 Å². The SMILES string of the molecule is COc1cc(-c2oc3cc(O)cc(O)c3c(=O)c2O[C@@H]2O[C@H](CO)[C@H](O)[C@H](O[C@@H]3O[C@H](COC(C)=O)[C@@H](O)[C@H](O)[C@H]3O)[C@H]2O)ccc1O. The Morgan fingerprint density at radius 3 is 2.23 bits per heavy atom. The van der Waals surface area contributed by atoms with Crippen molar-refractivity contribution in [3.8, 4) is 40.1 Å². The number of hydrogen-bond acceptors (Lipinski definition) is 18. The predicted molar refractivity (Wildman–Crippen MR) is 156 cm³/mol. The predicted octanol–water partition coefficient (Wildman–Crippen LogP) is -1.84. The maximum absolute atomic E-state index is 13.8. The van der Waals surface area contributed by atoms with Gasteiger partial charge in [0, 0.05) is 24.6 Å². The third-order valence-corrected chi connectivity index (χ3v) is 7.83. The van der Waals surface area contributed by atoms with E-state index in [4.69, 9.17) is 32.8 Å². The summed E-state index contributed by atoms with van der Waals surface area (Å²) in [5.74, 6) is -3.23. The monoisotopic (exact) mass is 682 g/mol. The summed E-state index contributed by atoms with van der Waals surface area (Å²) in [7, 11) is 1.26. The van der Waals surface area contributed by atoms with E-state index in [2.05, 4.69) is 0 Å². The molecule has 3 heterocycles. The van der Waals surface area contributed by atoms with Gasteiger partial charge < -0.3 is 78.8 Å². The highest BCUT2D eigenvalue weighted by molar-refractivity contribution is 5.88. The standard InChI is InChI=1S/C30H34O18/c1-10(32)43-9-18-20(36)23(39)24(40)29(46-18)47-27-21(37)17(8-31)45-30(25(27)41)48-28-22(38)19-14(35)6-12(33)7-16(19)44-26(28)11-3-4-13(34)15(5-11)42-2/h3-7,17-18,20-21,23-25,27,29-31,33-37,39-41H,8-9H2,1-2H3/t17-,18-,20-,21+,23+,24-,25-,27+,29+,30+/m1/s1. The first-order valence-electron chi connectivity index (χ1n) is 14.4. The average molecular weight is 683 g/mol. The first kappa shape index (κ1) is 35.1. The van der Waals surface area contributed by atoms with Gasteiger partial charge in [-0.05, 0) is 18.2 Å². The fourth-order valence-electron chi connectivity index (χ4n) is 5.33. The van der Waals surface area contributed by atoms with Crippen LogP contribution in [0.25, 0.3) is 22.3 Å². The van der Waals surface area contributed by atoms with Crippen molar-refractivity contribution in [1.82, 2.24) is 0 Å². The van der Waals surface area contributed by atoms with E-state index in [1.165, 1.54) is 25.3 Å². The van der Waals surface area contributed by atoms with E-state index in [0.717, 1.165) is 19.1 Å². The summed E-state index contributed by atoms with van der Waals surface area (Å²) in [5.41, 5.74) is -1.23. The van der Waals surface area contributed by atoms with E-state index in [9.17, 15) is 55.5 Å². The number of ether oxygens (including phenoxy) is 6. The largest absolute Gasteiger partial charge is 0.508 e. The number of benzene rings is 2. The normalized spacial score (nSPS) is 30.6. The molecule has 0 spiro atoms. The number of methoxy groups -OCH3 is 1. The van der Waals surface area contributed by atoms with Gasteiger partial charge in [0.2, 0.25) is 17.5 Å². The molecule has 0 amide bonds. The lowest BCUT2D eigenvalue weighted by molar-refractivity contribution is -0.353. The number of fused-ring (bicyclic) bond motifs is 1. The summed E-state index contributed by atoms with van der Waals surface area (Å²) in [5, 5.41) is 93.6. The zero-order valence-corrected chi connectivity index (χ0v) is 25.3. The highest BCUT2D eigenvalue weighted by atomic mass is 16.7. The summed E-state index contributed by atoms with van der Waals surface area (Å²) in [4.78, 5) is 25.1. The molecule has 262 valence electrons. The Kier molecular flexibility index (Phi) is 10.3. The minimum Gasteiger partial charge on any atom is -0.508 e. The lowest BCUT2D eigenvalue weighted by atomic mass is 9.97. The first-order chi connectivity index (χ1) is 22.7. The number of phenolic OH excluding ortho intramolecular Hbond substituents is 3. The lowest BCUT2D eigenvalue weighted by Crippen LogP contribution is -2.65. The Morgan fingerprint density at radius 1 is 0.854 bits per heavy atom. The third-order valence-electron chi connectivity index (χ3n) is 7.83. The van der Waals surface area contributed by atoms with Crippen molar-refractivity contribution < 1.29 is 83.6 Å². The minimum atomic E-state index is -2.04. The molecule has 2 saturated heterocycles. The highest BCUT2D eigenvalue weighted by Gasteiger charge is 2.52. The van der Waals surface area contributed by atoms with Gasteiger partial charge >= 0.3 is 5.97 Å². The minimum absolute atomic E-state index is 0.0452. The van der Waals surface area contributed by atoms with E-state index in [1.807, 2.05) is 0 Å². The van der Waals surface area contributed by atoms with Gasteiger partial charge in [-0.3, -0.25) is 9.59 Å². The Hall–Kier alpha value is -4.24. The van der Waals surface area contributed by atoms with Crippen LogP contribution in [0.5, 0.6) is 28.7 Å². The van der Waals surface area contributed by atoms with E-state index in [1.54, 1.807) is 0 Å². The summed E-state index contributed by atoms with van der Waals surface area (Å²) >= 11 is 0. The second kappa shape index (κ2) is 14.1. The van der Waals surface area contributed by atoms with Crippen molar-refractivity contribution in [1.29, 1.82) is 0 Å². The number of rotatable bonds is 9.